The molecule has 0 bridgehead atoms. The molecule has 156 valence electrons. The first-order chi connectivity index (χ1) is 13.4. The zero-order valence-electron chi connectivity index (χ0n) is 15.8. The van der Waals surface area contributed by atoms with Gasteiger partial charge in [-0.25, -0.2) is 9.59 Å². The highest BCUT2D eigenvalue weighted by Crippen LogP contribution is 2.13. The minimum atomic E-state index is -1.26. The van der Waals surface area contributed by atoms with Crippen molar-refractivity contribution in [1.82, 2.24) is 0 Å². The van der Waals surface area contributed by atoms with Crippen LogP contribution in [0.25, 0.3) is 0 Å². The van der Waals surface area contributed by atoms with Gasteiger partial charge in [0.1, 0.15) is 6.61 Å². The fourth-order valence-electron chi connectivity index (χ4n) is 1.84. The smallest absolute Gasteiger partial charge is 0.328 e. The molecule has 8 nitrogen and oxygen atoms in total. The highest BCUT2D eigenvalue weighted by atomic mass is 35.5. The predicted octanol–water partition coefficient (Wildman–Crippen LogP) is 2.94. The van der Waals surface area contributed by atoms with Crippen LogP contribution >= 0.6 is 11.6 Å². The molecule has 1 aromatic rings. The first kappa shape index (κ1) is 25.6. The highest BCUT2D eigenvalue weighted by molar-refractivity contribution is 6.30. The van der Waals surface area contributed by atoms with E-state index in [1.165, 1.54) is 0 Å². The predicted molar refractivity (Wildman–Crippen MR) is 108 cm³/mol. The fourth-order valence-corrected chi connectivity index (χ4v) is 1.97. The molecule has 0 unspecified atom stereocenters. The molecular weight excluding hydrogens is 388 g/mol. The minimum absolute atomic E-state index is 0.427. The lowest BCUT2D eigenvalue weighted by atomic mass is 10.1. The van der Waals surface area contributed by atoms with E-state index in [0.29, 0.717) is 30.3 Å². The van der Waals surface area contributed by atoms with Gasteiger partial charge in [-0.05, 0) is 43.9 Å². The SMILES string of the molecule is CCOCCCCC(=NOCCN)c1ccc(Cl)cc1.O=C(O)C=CC(=O)O. The normalized spacial score (nSPS) is 11.0. The van der Waals surface area contributed by atoms with Crippen molar-refractivity contribution in [3.05, 3.63) is 47.0 Å². The van der Waals surface area contributed by atoms with Gasteiger partial charge >= 0.3 is 11.9 Å². The Kier molecular flexibility index (Phi) is 15.3. The molecule has 0 atom stereocenters. The van der Waals surface area contributed by atoms with Crippen LogP contribution in [-0.4, -0.2) is 54.2 Å². The summed E-state index contributed by atoms with van der Waals surface area (Å²) in [6.07, 6.45) is 3.98. The van der Waals surface area contributed by atoms with E-state index in [1.54, 1.807) is 0 Å². The van der Waals surface area contributed by atoms with Crippen molar-refractivity contribution in [3.8, 4) is 0 Å². The van der Waals surface area contributed by atoms with Crippen molar-refractivity contribution in [2.45, 2.75) is 26.2 Å². The molecule has 0 aromatic heterocycles. The highest BCUT2D eigenvalue weighted by Gasteiger charge is 2.05. The molecule has 0 radical (unpaired) electrons. The van der Waals surface area contributed by atoms with Gasteiger partial charge in [-0.2, -0.15) is 0 Å². The van der Waals surface area contributed by atoms with Crippen LogP contribution in [0.2, 0.25) is 5.02 Å². The Balaban J connectivity index is 0.000000769. The third-order valence-electron chi connectivity index (χ3n) is 3.09. The zero-order chi connectivity index (χ0) is 21.2. The van der Waals surface area contributed by atoms with E-state index in [1.807, 2.05) is 31.2 Å². The van der Waals surface area contributed by atoms with E-state index >= 15 is 0 Å². The summed E-state index contributed by atoms with van der Waals surface area (Å²) in [6, 6.07) is 7.62. The molecular formula is C19H27ClN2O6. The molecule has 0 saturated heterocycles. The Hall–Kier alpha value is -2.42. The largest absolute Gasteiger partial charge is 0.478 e. The number of nitrogens with two attached hydrogens (primary N) is 1. The second-order valence-corrected chi connectivity index (χ2v) is 5.77. The number of nitrogens with zero attached hydrogens (tertiary/aromatic N) is 1. The Bertz CT molecular complexity index is 616. The lowest BCUT2D eigenvalue weighted by Gasteiger charge is -2.07. The Morgan fingerprint density at radius 3 is 2.21 bits per heavy atom. The van der Waals surface area contributed by atoms with Gasteiger partial charge in [0, 0.05) is 36.9 Å². The number of ether oxygens (including phenoxy) is 1. The average molecular weight is 415 g/mol. The molecule has 9 heteroatoms. The van der Waals surface area contributed by atoms with Crippen LogP contribution in [0.4, 0.5) is 0 Å². The van der Waals surface area contributed by atoms with Gasteiger partial charge in [-0.3, -0.25) is 0 Å². The summed E-state index contributed by atoms with van der Waals surface area (Å²) in [7, 11) is 0. The topological polar surface area (TPSA) is 131 Å². The molecule has 0 amide bonds. The Morgan fingerprint density at radius 1 is 1.11 bits per heavy atom. The van der Waals surface area contributed by atoms with Crippen LogP contribution in [0.5, 0.6) is 0 Å². The monoisotopic (exact) mass is 414 g/mol. The number of carbonyl (C=O) groups is 2. The summed E-state index contributed by atoms with van der Waals surface area (Å²) < 4.78 is 5.33. The third kappa shape index (κ3) is 14.7. The van der Waals surface area contributed by atoms with Gasteiger partial charge in [-0.15, -0.1) is 0 Å². The number of unbranched alkanes of at least 4 members (excludes halogenated alkanes) is 1. The van der Waals surface area contributed by atoms with Crippen molar-refractivity contribution >= 4 is 29.3 Å². The first-order valence-corrected chi connectivity index (χ1v) is 9.15. The molecule has 0 aliphatic heterocycles. The van der Waals surface area contributed by atoms with Crippen molar-refractivity contribution in [2.24, 2.45) is 10.9 Å². The summed E-state index contributed by atoms with van der Waals surface area (Å²) >= 11 is 5.90. The summed E-state index contributed by atoms with van der Waals surface area (Å²) in [6.45, 7) is 4.44. The number of rotatable bonds is 12. The van der Waals surface area contributed by atoms with Crippen LogP contribution < -0.4 is 5.73 Å². The van der Waals surface area contributed by atoms with Gasteiger partial charge < -0.3 is 25.5 Å². The van der Waals surface area contributed by atoms with E-state index in [0.717, 1.165) is 43.8 Å². The summed E-state index contributed by atoms with van der Waals surface area (Å²) in [5, 5.41) is 20.5. The van der Waals surface area contributed by atoms with Gasteiger partial charge in [0.15, 0.2) is 0 Å². The number of oxime groups is 1. The second kappa shape index (κ2) is 16.7. The van der Waals surface area contributed by atoms with Gasteiger partial charge in [0.05, 0.1) is 5.71 Å². The van der Waals surface area contributed by atoms with Crippen molar-refractivity contribution in [3.63, 3.8) is 0 Å². The first-order valence-electron chi connectivity index (χ1n) is 8.77. The summed E-state index contributed by atoms with van der Waals surface area (Å²) in [5.74, 6) is -2.51. The number of carboxylic acid groups (broad SMARTS) is 2. The van der Waals surface area contributed by atoms with Gasteiger partial charge in [-0.1, -0.05) is 28.9 Å². The molecule has 4 N–H and O–H groups in total. The quantitative estimate of drug-likeness (QED) is 0.207. The van der Waals surface area contributed by atoms with Crippen LogP contribution in [0.3, 0.4) is 0 Å². The minimum Gasteiger partial charge on any atom is -0.478 e. The number of hydrogen-bond acceptors (Lipinski definition) is 6. The Labute approximate surface area is 169 Å². The lowest BCUT2D eigenvalue weighted by Crippen LogP contribution is -2.08. The summed E-state index contributed by atoms with van der Waals surface area (Å²) in [4.78, 5) is 24.3. The van der Waals surface area contributed by atoms with Crippen molar-refractivity contribution in [2.75, 3.05) is 26.4 Å². The molecule has 1 aromatic carbocycles. The van der Waals surface area contributed by atoms with Gasteiger partial charge in [0.2, 0.25) is 0 Å². The molecule has 0 saturated carbocycles. The maximum Gasteiger partial charge on any atom is 0.328 e. The molecule has 0 spiro atoms. The molecule has 0 aliphatic carbocycles. The van der Waals surface area contributed by atoms with Crippen LogP contribution in [0.1, 0.15) is 31.7 Å². The maximum atomic E-state index is 9.55. The molecule has 0 heterocycles. The Morgan fingerprint density at radius 2 is 1.71 bits per heavy atom. The van der Waals surface area contributed by atoms with Crippen LogP contribution in [0.15, 0.2) is 41.6 Å². The third-order valence-corrected chi connectivity index (χ3v) is 3.34. The van der Waals surface area contributed by atoms with Crippen LogP contribution in [-0.2, 0) is 19.2 Å². The van der Waals surface area contributed by atoms with E-state index < -0.39 is 11.9 Å². The second-order valence-electron chi connectivity index (χ2n) is 5.33. The average Bonchev–Trinajstić information content (AvgIpc) is 2.66. The molecule has 0 fully saturated rings. The fraction of sp³-hybridized carbons (Fsp3) is 0.421. The van der Waals surface area contributed by atoms with Gasteiger partial charge in [0.25, 0.3) is 0 Å². The number of halogens is 1. The number of aliphatic carboxylic acids is 2. The van der Waals surface area contributed by atoms with E-state index in [2.05, 4.69) is 5.16 Å². The maximum absolute atomic E-state index is 9.55. The zero-order valence-corrected chi connectivity index (χ0v) is 16.6. The van der Waals surface area contributed by atoms with E-state index in [9.17, 15) is 9.59 Å². The molecule has 28 heavy (non-hydrogen) atoms. The molecule has 0 aliphatic rings. The van der Waals surface area contributed by atoms with E-state index in [4.69, 9.17) is 37.1 Å². The van der Waals surface area contributed by atoms with Crippen molar-refractivity contribution < 1.29 is 29.4 Å². The number of benzene rings is 1. The lowest BCUT2D eigenvalue weighted by molar-refractivity contribution is -0.134. The van der Waals surface area contributed by atoms with Crippen molar-refractivity contribution in [1.29, 1.82) is 0 Å². The van der Waals surface area contributed by atoms with Crippen LogP contribution in [0, 0.1) is 0 Å². The standard InChI is InChI=1S/C15H23ClN2O2.C4H4O4/c1-2-19-11-4-3-5-15(18-20-12-10-17)13-6-8-14(16)9-7-13;5-3(6)1-2-4(7)8/h6-9H,2-5,10-12,17H2,1H3;1-2H,(H,5,6)(H,7,8). The van der Waals surface area contributed by atoms with E-state index in [-0.39, 0.29) is 0 Å². The summed E-state index contributed by atoms with van der Waals surface area (Å²) in [5.41, 5.74) is 7.35. The molecule has 1 rings (SSSR count). The number of hydrogen-bond donors (Lipinski definition) is 3. The number of carboxylic acids is 2.